The van der Waals surface area contributed by atoms with Gasteiger partial charge in [-0.15, -0.1) is 0 Å². The monoisotopic (exact) mass is 197 g/mol. The summed E-state index contributed by atoms with van der Waals surface area (Å²) in [6, 6.07) is 0. The molecule has 2 rings (SSSR count). The van der Waals surface area contributed by atoms with Crippen LogP contribution in [0.25, 0.3) is 0 Å². The van der Waals surface area contributed by atoms with Crippen molar-refractivity contribution in [2.75, 3.05) is 46.3 Å². The molecule has 1 amide bonds. The Hall–Kier alpha value is -0.610. The molecule has 2 fully saturated rings. The number of piperazine rings is 1. The number of rotatable bonds is 2. The molecule has 1 unspecified atom stereocenters. The summed E-state index contributed by atoms with van der Waals surface area (Å²) >= 11 is 0. The standard InChI is InChI=1S/C10H19N3O/c1-12-4-5-13(8-10(12)14)7-9-2-3-11-6-9/h9,11H,2-8H2,1H3. The average molecular weight is 197 g/mol. The van der Waals surface area contributed by atoms with Gasteiger partial charge in [-0.2, -0.15) is 0 Å². The minimum absolute atomic E-state index is 0.266. The van der Waals surface area contributed by atoms with E-state index in [9.17, 15) is 4.79 Å². The van der Waals surface area contributed by atoms with Gasteiger partial charge in [-0.25, -0.2) is 0 Å². The van der Waals surface area contributed by atoms with Crippen molar-refractivity contribution < 1.29 is 4.79 Å². The maximum Gasteiger partial charge on any atom is 0.236 e. The van der Waals surface area contributed by atoms with E-state index in [2.05, 4.69) is 10.2 Å². The quantitative estimate of drug-likeness (QED) is 0.640. The highest BCUT2D eigenvalue weighted by molar-refractivity contribution is 5.78. The lowest BCUT2D eigenvalue weighted by molar-refractivity contribution is -0.134. The Labute approximate surface area is 85.2 Å². The third-order valence-corrected chi connectivity index (χ3v) is 3.22. The van der Waals surface area contributed by atoms with Crippen molar-refractivity contribution in [2.24, 2.45) is 5.92 Å². The van der Waals surface area contributed by atoms with E-state index in [0.717, 1.165) is 38.6 Å². The van der Waals surface area contributed by atoms with Gasteiger partial charge in [-0.3, -0.25) is 9.69 Å². The molecule has 2 heterocycles. The molecule has 2 aliphatic rings. The van der Waals surface area contributed by atoms with Crippen LogP contribution in [0.5, 0.6) is 0 Å². The fourth-order valence-electron chi connectivity index (χ4n) is 2.20. The van der Waals surface area contributed by atoms with E-state index >= 15 is 0 Å². The van der Waals surface area contributed by atoms with Crippen molar-refractivity contribution in [2.45, 2.75) is 6.42 Å². The Balaban J connectivity index is 1.78. The molecule has 0 aliphatic carbocycles. The van der Waals surface area contributed by atoms with Crippen molar-refractivity contribution in [3.05, 3.63) is 0 Å². The maximum absolute atomic E-state index is 11.4. The van der Waals surface area contributed by atoms with Gasteiger partial charge >= 0.3 is 0 Å². The predicted molar refractivity (Wildman–Crippen MR) is 55.1 cm³/mol. The van der Waals surface area contributed by atoms with Crippen LogP contribution in [0, 0.1) is 5.92 Å². The number of carbonyl (C=O) groups excluding carboxylic acids is 1. The normalized spacial score (nSPS) is 29.9. The lowest BCUT2D eigenvalue weighted by Crippen LogP contribution is -2.49. The van der Waals surface area contributed by atoms with Crippen LogP contribution in [0.4, 0.5) is 0 Å². The van der Waals surface area contributed by atoms with Crippen molar-refractivity contribution in [3.63, 3.8) is 0 Å². The van der Waals surface area contributed by atoms with Crippen LogP contribution in [0.1, 0.15) is 6.42 Å². The first-order chi connectivity index (χ1) is 6.75. The summed E-state index contributed by atoms with van der Waals surface area (Å²) in [5.41, 5.74) is 0. The predicted octanol–water partition coefficient (Wildman–Crippen LogP) is -0.630. The Kier molecular flexibility index (Phi) is 3.03. The molecule has 0 radical (unpaired) electrons. The van der Waals surface area contributed by atoms with Crippen LogP contribution in [0.15, 0.2) is 0 Å². The highest BCUT2D eigenvalue weighted by Crippen LogP contribution is 2.11. The third-order valence-electron chi connectivity index (χ3n) is 3.22. The maximum atomic E-state index is 11.4. The number of hydrogen-bond acceptors (Lipinski definition) is 3. The fraction of sp³-hybridized carbons (Fsp3) is 0.900. The largest absolute Gasteiger partial charge is 0.343 e. The third kappa shape index (κ3) is 2.25. The minimum Gasteiger partial charge on any atom is -0.343 e. The van der Waals surface area contributed by atoms with Crippen LogP contribution >= 0.6 is 0 Å². The number of likely N-dealkylation sites (N-methyl/N-ethyl adjacent to an activating group) is 1. The molecule has 4 nitrogen and oxygen atoms in total. The molecule has 0 spiro atoms. The molecular weight excluding hydrogens is 178 g/mol. The number of nitrogens with zero attached hydrogens (tertiary/aromatic N) is 2. The van der Waals surface area contributed by atoms with Crippen molar-refractivity contribution in [1.29, 1.82) is 0 Å². The molecule has 0 aromatic carbocycles. The molecule has 0 aromatic heterocycles. The summed E-state index contributed by atoms with van der Waals surface area (Å²) in [4.78, 5) is 15.6. The van der Waals surface area contributed by atoms with Gasteiger partial charge in [0.15, 0.2) is 0 Å². The van der Waals surface area contributed by atoms with E-state index in [1.54, 1.807) is 0 Å². The van der Waals surface area contributed by atoms with Crippen LogP contribution in [-0.4, -0.2) is 62.0 Å². The van der Waals surface area contributed by atoms with Crippen molar-refractivity contribution in [1.82, 2.24) is 15.1 Å². The van der Waals surface area contributed by atoms with Crippen LogP contribution in [0.3, 0.4) is 0 Å². The molecule has 0 aromatic rings. The number of amides is 1. The van der Waals surface area contributed by atoms with Crippen molar-refractivity contribution >= 4 is 5.91 Å². The minimum atomic E-state index is 0.266. The second-order valence-electron chi connectivity index (χ2n) is 4.41. The molecule has 2 aliphatic heterocycles. The van der Waals surface area contributed by atoms with Gasteiger partial charge in [-0.1, -0.05) is 0 Å². The lowest BCUT2D eigenvalue weighted by atomic mass is 10.1. The van der Waals surface area contributed by atoms with E-state index in [4.69, 9.17) is 0 Å². The molecular formula is C10H19N3O. The van der Waals surface area contributed by atoms with Gasteiger partial charge < -0.3 is 10.2 Å². The molecule has 2 saturated heterocycles. The number of hydrogen-bond donors (Lipinski definition) is 1. The van der Waals surface area contributed by atoms with E-state index in [1.807, 2.05) is 11.9 Å². The summed E-state index contributed by atoms with van der Waals surface area (Å²) in [6.45, 7) is 5.91. The summed E-state index contributed by atoms with van der Waals surface area (Å²) in [6.07, 6.45) is 1.26. The molecule has 80 valence electrons. The Morgan fingerprint density at radius 2 is 2.36 bits per heavy atom. The molecule has 4 heteroatoms. The summed E-state index contributed by atoms with van der Waals surface area (Å²) in [5.74, 6) is 1.02. The zero-order chi connectivity index (χ0) is 9.97. The summed E-state index contributed by atoms with van der Waals surface area (Å²) < 4.78 is 0. The van der Waals surface area contributed by atoms with Gasteiger partial charge in [0.25, 0.3) is 0 Å². The first-order valence-electron chi connectivity index (χ1n) is 5.43. The van der Waals surface area contributed by atoms with E-state index in [1.165, 1.54) is 6.42 Å². The highest BCUT2D eigenvalue weighted by atomic mass is 16.2. The number of nitrogens with one attached hydrogen (secondary N) is 1. The van der Waals surface area contributed by atoms with Gasteiger partial charge in [0.2, 0.25) is 5.91 Å². The van der Waals surface area contributed by atoms with E-state index < -0.39 is 0 Å². The Morgan fingerprint density at radius 3 is 3.00 bits per heavy atom. The molecule has 14 heavy (non-hydrogen) atoms. The molecule has 1 atom stereocenters. The van der Waals surface area contributed by atoms with Gasteiger partial charge in [0.05, 0.1) is 6.54 Å². The van der Waals surface area contributed by atoms with Crippen LogP contribution in [0.2, 0.25) is 0 Å². The lowest BCUT2D eigenvalue weighted by Gasteiger charge is -2.33. The number of carbonyl (C=O) groups is 1. The highest BCUT2D eigenvalue weighted by Gasteiger charge is 2.24. The first-order valence-corrected chi connectivity index (χ1v) is 5.43. The zero-order valence-corrected chi connectivity index (χ0v) is 8.83. The van der Waals surface area contributed by atoms with E-state index in [0.29, 0.717) is 6.54 Å². The van der Waals surface area contributed by atoms with Crippen molar-refractivity contribution in [3.8, 4) is 0 Å². The summed E-state index contributed by atoms with van der Waals surface area (Å²) in [7, 11) is 1.89. The topological polar surface area (TPSA) is 35.6 Å². The smallest absolute Gasteiger partial charge is 0.236 e. The van der Waals surface area contributed by atoms with Gasteiger partial charge in [0.1, 0.15) is 0 Å². The SMILES string of the molecule is CN1CCN(CC2CCNC2)CC1=O. The molecule has 1 N–H and O–H groups in total. The summed E-state index contributed by atoms with van der Waals surface area (Å²) in [5, 5.41) is 3.36. The average Bonchev–Trinajstić information content (AvgIpc) is 2.64. The zero-order valence-electron chi connectivity index (χ0n) is 8.83. The van der Waals surface area contributed by atoms with Crippen LogP contribution < -0.4 is 5.32 Å². The molecule has 0 bridgehead atoms. The first kappa shape index (κ1) is 9.93. The Bertz CT molecular complexity index is 213. The fourth-order valence-corrected chi connectivity index (χ4v) is 2.20. The van der Waals surface area contributed by atoms with Crippen LogP contribution in [-0.2, 0) is 4.79 Å². The second kappa shape index (κ2) is 4.28. The Morgan fingerprint density at radius 1 is 1.50 bits per heavy atom. The van der Waals surface area contributed by atoms with Gasteiger partial charge in [-0.05, 0) is 25.4 Å². The molecule has 0 saturated carbocycles. The second-order valence-corrected chi connectivity index (χ2v) is 4.41. The van der Waals surface area contributed by atoms with E-state index in [-0.39, 0.29) is 5.91 Å². The van der Waals surface area contributed by atoms with Gasteiger partial charge in [0, 0.05) is 26.7 Å².